The molecule has 0 saturated carbocycles. The Labute approximate surface area is 134 Å². The molecule has 3 nitrogen and oxygen atoms in total. The molecule has 112 valence electrons. The van der Waals surface area contributed by atoms with E-state index in [0.29, 0.717) is 4.83 Å². The van der Waals surface area contributed by atoms with Crippen LogP contribution in [0.1, 0.15) is 19.8 Å². The first-order valence-corrected chi connectivity index (χ1v) is 8.43. The van der Waals surface area contributed by atoms with E-state index >= 15 is 0 Å². The van der Waals surface area contributed by atoms with Gasteiger partial charge >= 0.3 is 0 Å². The van der Waals surface area contributed by atoms with Crippen LogP contribution in [0.4, 0.5) is 5.82 Å². The molecule has 2 aromatic rings. The molecule has 1 aliphatic rings. The molecule has 0 amide bonds. The number of aromatic nitrogens is 1. The predicted molar refractivity (Wildman–Crippen MR) is 91.6 cm³/mol. The molecule has 0 N–H and O–H groups in total. The summed E-state index contributed by atoms with van der Waals surface area (Å²) in [5.41, 5.74) is 0. The molecule has 3 rings (SSSR count). The highest BCUT2D eigenvalue weighted by molar-refractivity contribution is 9.09. The van der Waals surface area contributed by atoms with Gasteiger partial charge in [0.2, 0.25) is 0 Å². The summed E-state index contributed by atoms with van der Waals surface area (Å²) in [6, 6.07) is 8.22. The first kappa shape index (κ1) is 14.6. The van der Waals surface area contributed by atoms with Gasteiger partial charge in [-0.15, -0.1) is 0 Å². The molecular weight excluding hydrogens is 328 g/mol. The minimum Gasteiger partial charge on any atom is -0.496 e. The second-order valence-corrected chi connectivity index (χ2v) is 7.14. The molecule has 1 fully saturated rings. The van der Waals surface area contributed by atoms with E-state index in [0.717, 1.165) is 36.0 Å². The zero-order valence-electron chi connectivity index (χ0n) is 12.6. The molecule has 0 bridgehead atoms. The minimum atomic E-state index is 0.597. The summed E-state index contributed by atoms with van der Waals surface area (Å²) in [4.78, 5) is 7.64. The van der Waals surface area contributed by atoms with Crippen molar-refractivity contribution in [1.29, 1.82) is 0 Å². The summed E-state index contributed by atoms with van der Waals surface area (Å²) in [5.74, 6) is 2.78. The number of pyridine rings is 1. The molecule has 1 saturated heterocycles. The van der Waals surface area contributed by atoms with E-state index in [1.54, 1.807) is 7.11 Å². The van der Waals surface area contributed by atoms with Crippen molar-refractivity contribution in [3.63, 3.8) is 0 Å². The summed E-state index contributed by atoms with van der Waals surface area (Å²) in [6.07, 6.45) is 4.32. The van der Waals surface area contributed by atoms with E-state index in [2.05, 4.69) is 38.8 Å². The van der Waals surface area contributed by atoms with Crippen molar-refractivity contribution >= 4 is 32.5 Å². The average Bonchev–Trinajstić information content (AvgIpc) is 2.53. The van der Waals surface area contributed by atoms with Crippen molar-refractivity contribution in [3.8, 4) is 5.75 Å². The predicted octanol–water partition coefficient (Wildman–Crippen LogP) is 4.24. The molecule has 1 aromatic heterocycles. The number of ether oxygens (including phenoxy) is 1. The molecule has 1 unspecified atom stereocenters. The van der Waals surface area contributed by atoms with Gasteiger partial charge in [0.25, 0.3) is 0 Å². The maximum Gasteiger partial charge on any atom is 0.136 e. The Hall–Kier alpha value is -1.29. The molecule has 1 aromatic carbocycles. The number of hydrogen-bond donors (Lipinski definition) is 0. The number of nitrogens with zero attached hydrogens (tertiary/aromatic N) is 2. The van der Waals surface area contributed by atoms with Gasteiger partial charge in [0.05, 0.1) is 7.11 Å². The lowest BCUT2D eigenvalue weighted by atomic mass is 9.94. The van der Waals surface area contributed by atoms with E-state index in [1.165, 1.54) is 18.2 Å². The van der Waals surface area contributed by atoms with E-state index in [9.17, 15) is 0 Å². The Balaban J connectivity index is 1.91. The summed E-state index contributed by atoms with van der Waals surface area (Å²) in [5, 5.41) is 2.32. The summed E-state index contributed by atoms with van der Waals surface area (Å²) >= 11 is 3.72. The highest BCUT2D eigenvalue weighted by atomic mass is 79.9. The lowest BCUT2D eigenvalue weighted by Gasteiger charge is -2.34. The third kappa shape index (κ3) is 2.86. The molecule has 0 radical (unpaired) electrons. The number of hydrogen-bond acceptors (Lipinski definition) is 3. The van der Waals surface area contributed by atoms with Crippen LogP contribution in [0.25, 0.3) is 10.8 Å². The maximum atomic E-state index is 5.47. The van der Waals surface area contributed by atoms with Crippen molar-refractivity contribution in [2.75, 3.05) is 25.1 Å². The van der Waals surface area contributed by atoms with Crippen LogP contribution in [0, 0.1) is 5.92 Å². The molecule has 1 aliphatic heterocycles. The molecule has 0 spiro atoms. The van der Waals surface area contributed by atoms with E-state index in [4.69, 9.17) is 4.74 Å². The Morgan fingerprint density at radius 3 is 2.67 bits per heavy atom. The summed E-state index contributed by atoms with van der Waals surface area (Å²) in [6.45, 7) is 4.40. The summed E-state index contributed by atoms with van der Waals surface area (Å²) < 4.78 is 5.47. The quantitative estimate of drug-likeness (QED) is 0.775. The Morgan fingerprint density at radius 2 is 2.00 bits per heavy atom. The largest absolute Gasteiger partial charge is 0.496 e. The fourth-order valence-corrected chi connectivity index (χ4v) is 3.69. The van der Waals surface area contributed by atoms with Crippen LogP contribution < -0.4 is 9.64 Å². The normalized spacial score (nSPS) is 18.0. The highest BCUT2D eigenvalue weighted by Crippen LogP contribution is 2.33. The van der Waals surface area contributed by atoms with E-state index in [1.807, 2.05) is 24.4 Å². The molecule has 4 heteroatoms. The number of rotatable bonds is 3. The molecule has 21 heavy (non-hydrogen) atoms. The van der Waals surface area contributed by atoms with Crippen molar-refractivity contribution < 1.29 is 4.74 Å². The number of alkyl halides is 1. The van der Waals surface area contributed by atoms with Gasteiger partial charge in [0.1, 0.15) is 11.6 Å². The molecular formula is C17H21BrN2O. The molecule has 2 heterocycles. The van der Waals surface area contributed by atoms with Crippen LogP contribution in [0.5, 0.6) is 5.75 Å². The van der Waals surface area contributed by atoms with Crippen molar-refractivity contribution in [1.82, 2.24) is 4.98 Å². The number of fused-ring (bicyclic) bond motifs is 1. The number of anilines is 1. The number of piperidine rings is 1. The van der Waals surface area contributed by atoms with Crippen LogP contribution >= 0.6 is 15.9 Å². The first-order valence-electron chi connectivity index (χ1n) is 7.51. The third-order valence-corrected chi connectivity index (χ3v) is 5.20. The van der Waals surface area contributed by atoms with Gasteiger partial charge in [0, 0.05) is 34.9 Å². The summed E-state index contributed by atoms with van der Waals surface area (Å²) in [7, 11) is 1.72. The minimum absolute atomic E-state index is 0.597. The lowest BCUT2D eigenvalue weighted by molar-refractivity contribution is 0.406. The number of benzene rings is 1. The Morgan fingerprint density at radius 1 is 1.24 bits per heavy atom. The Bertz CT molecular complexity index is 621. The van der Waals surface area contributed by atoms with Gasteiger partial charge < -0.3 is 9.64 Å². The van der Waals surface area contributed by atoms with Gasteiger partial charge in [0.15, 0.2) is 0 Å². The lowest BCUT2D eigenvalue weighted by Crippen LogP contribution is -2.36. The maximum absolute atomic E-state index is 5.47. The fourth-order valence-electron chi connectivity index (χ4n) is 3.16. The first-order chi connectivity index (χ1) is 10.2. The van der Waals surface area contributed by atoms with Gasteiger partial charge in [-0.25, -0.2) is 4.98 Å². The average molecular weight is 349 g/mol. The monoisotopic (exact) mass is 348 g/mol. The zero-order chi connectivity index (χ0) is 14.8. The van der Waals surface area contributed by atoms with Gasteiger partial charge in [-0.3, -0.25) is 0 Å². The Kier molecular flexibility index (Phi) is 4.34. The van der Waals surface area contributed by atoms with Crippen LogP contribution in [0.3, 0.4) is 0 Å². The van der Waals surface area contributed by atoms with Crippen LogP contribution in [-0.2, 0) is 0 Å². The number of halogens is 1. The molecule has 0 aliphatic carbocycles. The van der Waals surface area contributed by atoms with Crippen LogP contribution in [0.2, 0.25) is 0 Å². The van der Waals surface area contributed by atoms with E-state index < -0.39 is 0 Å². The van der Waals surface area contributed by atoms with Crippen LogP contribution in [0.15, 0.2) is 30.5 Å². The highest BCUT2D eigenvalue weighted by Gasteiger charge is 2.24. The van der Waals surface area contributed by atoms with Crippen LogP contribution in [-0.4, -0.2) is 30.0 Å². The molecule has 1 atom stereocenters. The van der Waals surface area contributed by atoms with Gasteiger partial charge in [-0.2, -0.15) is 0 Å². The van der Waals surface area contributed by atoms with Crippen molar-refractivity contribution in [3.05, 3.63) is 30.5 Å². The van der Waals surface area contributed by atoms with E-state index in [-0.39, 0.29) is 0 Å². The third-order valence-electron chi connectivity index (χ3n) is 4.45. The fraction of sp³-hybridized carbons (Fsp3) is 0.471. The van der Waals surface area contributed by atoms with Crippen molar-refractivity contribution in [2.24, 2.45) is 5.92 Å². The second-order valence-electron chi connectivity index (χ2n) is 5.69. The van der Waals surface area contributed by atoms with Crippen molar-refractivity contribution in [2.45, 2.75) is 24.6 Å². The van der Waals surface area contributed by atoms with Gasteiger partial charge in [-0.1, -0.05) is 35.0 Å². The topological polar surface area (TPSA) is 25.4 Å². The smallest absolute Gasteiger partial charge is 0.136 e. The second kappa shape index (κ2) is 6.22. The zero-order valence-corrected chi connectivity index (χ0v) is 14.1. The standard InChI is InChI=1S/C17H21BrN2O/c1-12(18)13-7-10-20(11-8-13)17-15-4-3-5-16(21-2)14(15)6-9-19-17/h3-6,9,12-13H,7-8,10-11H2,1-2H3. The SMILES string of the molecule is COc1cccc2c(N3CCC(C(C)Br)CC3)nccc12. The van der Waals surface area contributed by atoms with Gasteiger partial charge in [-0.05, 0) is 30.9 Å². The number of methoxy groups -OCH3 is 1.